The van der Waals surface area contributed by atoms with Crippen LogP contribution < -0.4 is 9.47 Å². The lowest BCUT2D eigenvalue weighted by molar-refractivity contribution is -0.136. The highest BCUT2D eigenvalue weighted by Crippen LogP contribution is 2.30. The Hall–Kier alpha value is -2.62. The summed E-state index contributed by atoms with van der Waals surface area (Å²) in [6.45, 7) is 5.11. The smallest absolute Gasteiger partial charge is 0.318 e. The van der Waals surface area contributed by atoms with E-state index in [1.54, 1.807) is 13.2 Å². The van der Waals surface area contributed by atoms with Crippen molar-refractivity contribution in [1.82, 2.24) is 0 Å². The van der Waals surface area contributed by atoms with Gasteiger partial charge in [-0.15, -0.1) is 0 Å². The molecule has 0 amide bonds. The normalized spacial score (nSPS) is 12.1. The van der Waals surface area contributed by atoms with Crippen molar-refractivity contribution in [2.75, 3.05) is 13.7 Å². The summed E-state index contributed by atoms with van der Waals surface area (Å²) in [6, 6.07) is 15.3. The van der Waals surface area contributed by atoms with Crippen LogP contribution in [0.25, 0.3) is 0 Å². The second-order valence-corrected chi connectivity index (χ2v) is 10.3. The molecular formula is C34H51NO3. The maximum atomic E-state index is 12.8. The van der Waals surface area contributed by atoms with E-state index in [0.29, 0.717) is 17.9 Å². The Labute approximate surface area is 232 Å². The number of ether oxygens (including phenoxy) is 2. The van der Waals surface area contributed by atoms with Gasteiger partial charge in [-0.3, -0.25) is 9.79 Å². The van der Waals surface area contributed by atoms with E-state index < -0.39 is 0 Å². The lowest BCUT2D eigenvalue weighted by Crippen LogP contribution is -2.18. The van der Waals surface area contributed by atoms with Crippen LogP contribution >= 0.6 is 0 Å². The van der Waals surface area contributed by atoms with Crippen LogP contribution in [0.1, 0.15) is 127 Å². The molecule has 1 unspecified atom stereocenters. The fourth-order valence-corrected chi connectivity index (χ4v) is 4.82. The molecule has 0 aliphatic heterocycles. The van der Waals surface area contributed by atoms with Crippen molar-refractivity contribution in [2.45, 2.75) is 116 Å². The molecule has 2 aromatic rings. The number of nitrogens with zero attached hydrogens (tertiary/aromatic N) is 1. The molecule has 2 aromatic carbocycles. The number of benzene rings is 2. The van der Waals surface area contributed by atoms with Gasteiger partial charge in [0.15, 0.2) is 11.5 Å². The van der Waals surface area contributed by atoms with Crippen LogP contribution in [0.5, 0.6) is 11.5 Å². The van der Waals surface area contributed by atoms with Crippen molar-refractivity contribution in [3.63, 3.8) is 0 Å². The van der Waals surface area contributed by atoms with Crippen molar-refractivity contribution in [1.29, 1.82) is 0 Å². The van der Waals surface area contributed by atoms with Gasteiger partial charge in [-0.1, -0.05) is 128 Å². The van der Waals surface area contributed by atoms with Crippen molar-refractivity contribution in [3.8, 4) is 11.5 Å². The highest BCUT2D eigenvalue weighted by atomic mass is 16.6. The molecule has 0 N–H and O–H groups in total. The minimum atomic E-state index is -0.299. The van der Waals surface area contributed by atoms with E-state index in [1.165, 1.54) is 83.5 Å². The number of rotatable bonds is 21. The maximum Gasteiger partial charge on any atom is 0.318 e. The molecule has 0 aromatic heterocycles. The van der Waals surface area contributed by atoms with E-state index >= 15 is 0 Å². The predicted octanol–water partition coefficient (Wildman–Crippen LogP) is 9.69. The summed E-state index contributed by atoms with van der Waals surface area (Å²) >= 11 is 0. The molecule has 0 heterocycles. The monoisotopic (exact) mass is 521 g/mol. The number of carbonyl (C=O) groups is 1. The zero-order chi connectivity index (χ0) is 27.3. The molecule has 0 aliphatic rings. The summed E-state index contributed by atoms with van der Waals surface area (Å²) in [6.07, 6.45) is 21.6. The van der Waals surface area contributed by atoms with Gasteiger partial charge >= 0.3 is 5.97 Å². The molecule has 0 saturated heterocycles. The Kier molecular flexibility index (Phi) is 16.9. The lowest BCUT2D eigenvalue weighted by atomic mass is 9.97. The van der Waals surface area contributed by atoms with Crippen LogP contribution in [0.4, 0.5) is 0 Å². The lowest BCUT2D eigenvalue weighted by Gasteiger charge is -2.16. The molecule has 0 saturated carbocycles. The van der Waals surface area contributed by atoms with Crippen LogP contribution in [0.3, 0.4) is 0 Å². The second kappa shape index (κ2) is 20.4. The molecule has 38 heavy (non-hydrogen) atoms. The van der Waals surface area contributed by atoms with Gasteiger partial charge in [0.25, 0.3) is 0 Å². The number of esters is 1. The molecule has 0 fully saturated rings. The van der Waals surface area contributed by atoms with Crippen LogP contribution in [-0.2, 0) is 4.79 Å². The van der Waals surface area contributed by atoms with Gasteiger partial charge in [-0.05, 0) is 42.2 Å². The van der Waals surface area contributed by atoms with Crippen LogP contribution in [0, 0.1) is 0 Å². The largest absolute Gasteiger partial charge is 0.493 e. The predicted molar refractivity (Wildman–Crippen MR) is 161 cm³/mol. The van der Waals surface area contributed by atoms with E-state index in [9.17, 15) is 4.79 Å². The zero-order valence-corrected chi connectivity index (χ0v) is 24.3. The van der Waals surface area contributed by atoms with E-state index in [4.69, 9.17) is 9.47 Å². The first kappa shape index (κ1) is 31.6. The van der Waals surface area contributed by atoms with E-state index in [2.05, 4.69) is 11.9 Å². The van der Waals surface area contributed by atoms with Gasteiger partial charge in [-0.2, -0.15) is 0 Å². The number of hydrogen-bond acceptors (Lipinski definition) is 4. The Balaban J connectivity index is 1.62. The third-order valence-corrected chi connectivity index (χ3v) is 7.17. The highest BCUT2D eigenvalue weighted by molar-refractivity contribution is 5.83. The maximum absolute atomic E-state index is 12.8. The Bertz CT molecular complexity index is 909. The summed E-state index contributed by atoms with van der Waals surface area (Å²) in [4.78, 5) is 17.4. The molecule has 0 bridgehead atoms. The van der Waals surface area contributed by atoms with E-state index in [0.717, 1.165) is 24.1 Å². The topological polar surface area (TPSA) is 47.9 Å². The van der Waals surface area contributed by atoms with Gasteiger partial charge in [-0.25, -0.2) is 0 Å². The highest BCUT2D eigenvalue weighted by Gasteiger charge is 2.22. The summed E-state index contributed by atoms with van der Waals surface area (Å²) in [5.41, 5.74) is 1.91. The minimum Gasteiger partial charge on any atom is -0.493 e. The van der Waals surface area contributed by atoms with Crippen molar-refractivity contribution in [2.24, 2.45) is 4.99 Å². The third-order valence-electron chi connectivity index (χ3n) is 7.17. The number of hydrogen-bond donors (Lipinski definition) is 0. The standard InChI is InChI=1S/C34H51NO3/c1-4-6-7-8-9-10-11-12-13-14-15-16-17-21-26-35-28-29-24-25-32(33(27-29)37-3)38-34(36)31(5-2)30-22-19-18-20-23-30/h18-20,22-25,27-28,31H,4-17,21,26H2,1-3H3. The number of aliphatic imine (C=N–C) groups is 1. The van der Waals surface area contributed by atoms with Crippen LogP contribution in [0.2, 0.25) is 0 Å². The van der Waals surface area contributed by atoms with Crippen LogP contribution in [0.15, 0.2) is 53.5 Å². The Morgan fingerprint density at radius 2 is 1.34 bits per heavy atom. The third kappa shape index (κ3) is 12.8. The van der Waals surface area contributed by atoms with Gasteiger partial charge < -0.3 is 9.47 Å². The van der Waals surface area contributed by atoms with Crippen molar-refractivity contribution in [3.05, 3.63) is 59.7 Å². The summed E-state index contributed by atoms with van der Waals surface area (Å²) in [5, 5.41) is 0. The number of unbranched alkanes of at least 4 members (excludes halogenated alkanes) is 13. The fraction of sp³-hybridized carbons (Fsp3) is 0.588. The van der Waals surface area contributed by atoms with Gasteiger partial charge in [0.05, 0.1) is 13.0 Å². The van der Waals surface area contributed by atoms with E-state index in [1.807, 2.05) is 55.6 Å². The number of carbonyl (C=O) groups excluding carboxylic acids is 1. The Morgan fingerprint density at radius 1 is 0.763 bits per heavy atom. The first-order valence-corrected chi connectivity index (χ1v) is 15.1. The zero-order valence-electron chi connectivity index (χ0n) is 24.3. The molecule has 1 atom stereocenters. The first-order valence-electron chi connectivity index (χ1n) is 15.1. The first-order chi connectivity index (χ1) is 18.7. The summed E-state index contributed by atoms with van der Waals surface area (Å²) < 4.78 is 11.2. The molecule has 0 aliphatic carbocycles. The average molecular weight is 522 g/mol. The molecule has 4 heteroatoms. The fourth-order valence-electron chi connectivity index (χ4n) is 4.82. The van der Waals surface area contributed by atoms with Crippen LogP contribution in [-0.4, -0.2) is 25.8 Å². The van der Waals surface area contributed by atoms with E-state index in [-0.39, 0.29) is 11.9 Å². The number of methoxy groups -OCH3 is 1. The molecule has 2 rings (SSSR count). The summed E-state index contributed by atoms with van der Waals surface area (Å²) in [5.74, 6) is 0.418. The van der Waals surface area contributed by atoms with Gasteiger partial charge in [0, 0.05) is 12.8 Å². The molecule has 0 radical (unpaired) electrons. The van der Waals surface area contributed by atoms with Crippen molar-refractivity contribution >= 4 is 12.2 Å². The molecular weight excluding hydrogens is 470 g/mol. The van der Waals surface area contributed by atoms with Gasteiger partial charge in [0.1, 0.15) is 0 Å². The Morgan fingerprint density at radius 3 is 1.89 bits per heavy atom. The SMILES string of the molecule is CCCCCCCCCCCCCCCCN=Cc1ccc(OC(=O)C(CC)c2ccccc2)c(OC)c1. The quantitative estimate of drug-likeness (QED) is 0.0711. The molecule has 4 nitrogen and oxygen atoms in total. The minimum absolute atomic E-state index is 0.267. The summed E-state index contributed by atoms with van der Waals surface area (Å²) in [7, 11) is 1.59. The van der Waals surface area contributed by atoms with Crippen molar-refractivity contribution < 1.29 is 14.3 Å². The van der Waals surface area contributed by atoms with Gasteiger partial charge in [0.2, 0.25) is 0 Å². The second-order valence-electron chi connectivity index (χ2n) is 10.3. The molecule has 210 valence electrons. The molecule has 0 spiro atoms. The average Bonchev–Trinajstić information content (AvgIpc) is 2.94.